The van der Waals surface area contributed by atoms with E-state index in [9.17, 15) is 4.39 Å². The van der Waals surface area contributed by atoms with Crippen molar-refractivity contribution in [3.05, 3.63) is 53.2 Å². The molecule has 0 radical (unpaired) electrons. The van der Waals surface area contributed by atoms with E-state index >= 15 is 0 Å². The first-order valence-corrected chi connectivity index (χ1v) is 7.36. The molecule has 120 valence electrons. The Morgan fingerprint density at radius 2 is 2.09 bits per heavy atom. The number of hydrogen-bond donors (Lipinski definition) is 1. The van der Waals surface area contributed by atoms with Gasteiger partial charge in [-0.25, -0.2) is 9.37 Å². The third-order valence-corrected chi connectivity index (χ3v) is 3.46. The standard InChI is InChI=1S/C16H19FN6/c1-11-6-15(23-16(21-11)19-10-20-23)18-8-12-4-5-13(9-22(2)3)14(17)7-12/h4-7,10,18H,8-9H2,1-3H3. The zero-order valence-corrected chi connectivity index (χ0v) is 13.4. The predicted octanol–water partition coefficient (Wildman–Crippen LogP) is 2.25. The summed E-state index contributed by atoms with van der Waals surface area (Å²) in [5.41, 5.74) is 2.41. The first kappa shape index (κ1) is 15.4. The van der Waals surface area contributed by atoms with Crippen molar-refractivity contribution in [3.8, 4) is 0 Å². The molecule has 0 saturated heterocycles. The van der Waals surface area contributed by atoms with Crippen molar-refractivity contribution in [2.75, 3.05) is 19.4 Å². The fraction of sp³-hybridized carbons (Fsp3) is 0.312. The lowest BCUT2D eigenvalue weighted by atomic mass is 10.1. The van der Waals surface area contributed by atoms with Crippen molar-refractivity contribution >= 4 is 11.6 Å². The summed E-state index contributed by atoms with van der Waals surface area (Å²) >= 11 is 0. The number of fused-ring (bicyclic) bond motifs is 1. The predicted molar refractivity (Wildman–Crippen MR) is 86.6 cm³/mol. The summed E-state index contributed by atoms with van der Waals surface area (Å²) in [6, 6.07) is 7.22. The van der Waals surface area contributed by atoms with Crippen molar-refractivity contribution in [3.63, 3.8) is 0 Å². The topological polar surface area (TPSA) is 58.4 Å². The Labute approximate surface area is 134 Å². The van der Waals surface area contributed by atoms with Crippen LogP contribution in [0.5, 0.6) is 0 Å². The van der Waals surface area contributed by atoms with E-state index in [0.717, 1.165) is 17.1 Å². The van der Waals surface area contributed by atoms with Gasteiger partial charge in [-0.05, 0) is 32.6 Å². The number of halogens is 1. The fourth-order valence-electron chi connectivity index (χ4n) is 2.42. The number of anilines is 1. The van der Waals surface area contributed by atoms with Gasteiger partial charge in [0.15, 0.2) is 0 Å². The summed E-state index contributed by atoms with van der Waals surface area (Å²) in [4.78, 5) is 10.3. The molecule has 0 aliphatic rings. The Morgan fingerprint density at radius 3 is 2.83 bits per heavy atom. The second-order valence-electron chi connectivity index (χ2n) is 5.77. The van der Waals surface area contributed by atoms with Gasteiger partial charge in [0, 0.05) is 30.4 Å². The third-order valence-electron chi connectivity index (χ3n) is 3.46. The van der Waals surface area contributed by atoms with Gasteiger partial charge in [0.05, 0.1) is 0 Å². The van der Waals surface area contributed by atoms with Crippen LogP contribution in [-0.2, 0) is 13.1 Å². The molecule has 2 aromatic heterocycles. The SMILES string of the molecule is Cc1cc(NCc2ccc(CN(C)C)c(F)c2)n2ncnc2n1. The van der Waals surface area contributed by atoms with E-state index in [4.69, 9.17) is 0 Å². The molecule has 2 heterocycles. The molecule has 23 heavy (non-hydrogen) atoms. The number of hydrogen-bond acceptors (Lipinski definition) is 5. The van der Waals surface area contributed by atoms with E-state index in [-0.39, 0.29) is 5.82 Å². The average molecular weight is 314 g/mol. The molecular weight excluding hydrogens is 295 g/mol. The molecule has 0 aliphatic heterocycles. The number of aromatic nitrogens is 4. The molecule has 0 aliphatic carbocycles. The van der Waals surface area contributed by atoms with E-state index < -0.39 is 0 Å². The molecule has 3 rings (SSSR count). The number of nitrogens with zero attached hydrogens (tertiary/aromatic N) is 5. The minimum absolute atomic E-state index is 0.185. The minimum atomic E-state index is -0.185. The zero-order chi connectivity index (χ0) is 16.4. The maximum Gasteiger partial charge on any atom is 0.254 e. The Bertz CT molecular complexity index is 827. The van der Waals surface area contributed by atoms with Crippen molar-refractivity contribution in [1.29, 1.82) is 0 Å². The Balaban J connectivity index is 1.77. The molecule has 3 aromatic rings. The smallest absolute Gasteiger partial charge is 0.254 e. The van der Waals surface area contributed by atoms with Crippen molar-refractivity contribution in [1.82, 2.24) is 24.5 Å². The molecule has 7 heteroatoms. The zero-order valence-electron chi connectivity index (χ0n) is 13.4. The van der Waals surface area contributed by atoms with Crippen LogP contribution in [0.15, 0.2) is 30.6 Å². The molecule has 0 fully saturated rings. The van der Waals surface area contributed by atoms with Crippen LogP contribution in [0, 0.1) is 12.7 Å². The highest BCUT2D eigenvalue weighted by atomic mass is 19.1. The van der Waals surface area contributed by atoms with Gasteiger partial charge in [-0.2, -0.15) is 14.6 Å². The molecule has 1 aromatic carbocycles. The van der Waals surface area contributed by atoms with E-state index in [1.54, 1.807) is 10.6 Å². The largest absolute Gasteiger partial charge is 0.366 e. The summed E-state index contributed by atoms with van der Waals surface area (Å²) in [5.74, 6) is 1.14. The Hall–Kier alpha value is -2.54. The van der Waals surface area contributed by atoms with Crippen LogP contribution < -0.4 is 5.32 Å². The van der Waals surface area contributed by atoms with Crippen LogP contribution in [-0.4, -0.2) is 38.6 Å². The molecule has 1 N–H and O–H groups in total. The van der Waals surface area contributed by atoms with E-state index in [1.165, 1.54) is 6.33 Å². The van der Waals surface area contributed by atoms with Gasteiger partial charge in [-0.15, -0.1) is 0 Å². The normalized spacial score (nSPS) is 11.3. The van der Waals surface area contributed by atoms with Gasteiger partial charge in [0.25, 0.3) is 5.78 Å². The molecule has 0 spiro atoms. The maximum absolute atomic E-state index is 14.1. The van der Waals surface area contributed by atoms with Gasteiger partial charge >= 0.3 is 0 Å². The van der Waals surface area contributed by atoms with Crippen LogP contribution in [0.1, 0.15) is 16.8 Å². The highest BCUT2D eigenvalue weighted by Gasteiger charge is 2.07. The van der Waals surface area contributed by atoms with Crippen LogP contribution >= 0.6 is 0 Å². The quantitative estimate of drug-likeness (QED) is 0.783. The summed E-state index contributed by atoms with van der Waals surface area (Å²) in [6.07, 6.45) is 1.46. The average Bonchev–Trinajstić information content (AvgIpc) is 2.95. The third kappa shape index (κ3) is 3.45. The second kappa shape index (κ2) is 6.29. The van der Waals surface area contributed by atoms with Gasteiger partial charge in [0.2, 0.25) is 0 Å². The lowest BCUT2D eigenvalue weighted by molar-refractivity contribution is 0.392. The summed E-state index contributed by atoms with van der Waals surface area (Å²) < 4.78 is 15.7. The summed E-state index contributed by atoms with van der Waals surface area (Å²) in [7, 11) is 3.84. The van der Waals surface area contributed by atoms with Gasteiger partial charge < -0.3 is 10.2 Å². The van der Waals surface area contributed by atoms with E-state index in [1.807, 2.05) is 44.1 Å². The molecule has 0 atom stereocenters. The molecular formula is C16H19FN6. The molecule has 0 bridgehead atoms. The van der Waals surface area contributed by atoms with E-state index in [0.29, 0.717) is 24.4 Å². The highest BCUT2D eigenvalue weighted by Crippen LogP contribution is 2.15. The van der Waals surface area contributed by atoms with Crippen LogP contribution in [0.25, 0.3) is 5.78 Å². The van der Waals surface area contributed by atoms with E-state index in [2.05, 4.69) is 20.4 Å². The Kier molecular flexibility index (Phi) is 4.20. The first-order chi connectivity index (χ1) is 11.0. The van der Waals surface area contributed by atoms with Crippen molar-refractivity contribution < 1.29 is 4.39 Å². The van der Waals surface area contributed by atoms with Gasteiger partial charge in [-0.3, -0.25) is 0 Å². The fourth-order valence-corrected chi connectivity index (χ4v) is 2.42. The number of aryl methyl sites for hydroxylation is 1. The molecule has 0 unspecified atom stereocenters. The highest BCUT2D eigenvalue weighted by molar-refractivity contribution is 5.45. The number of benzene rings is 1. The molecule has 0 amide bonds. The Morgan fingerprint density at radius 1 is 1.26 bits per heavy atom. The van der Waals surface area contributed by atoms with Crippen molar-refractivity contribution in [2.45, 2.75) is 20.0 Å². The summed E-state index contributed by atoms with van der Waals surface area (Å²) in [5, 5.41) is 7.40. The monoisotopic (exact) mass is 314 g/mol. The number of rotatable bonds is 5. The first-order valence-electron chi connectivity index (χ1n) is 7.36. The van der Waals surface area contributed by atoms with Crippen molar-refractivity contribution in [2.24, 2.45) is 0 Å². The van der Waals surface area contributed by atoms with Crippen LogP contribution in [0.2, 0.25) is 0 Å². The number of nitrogens with one attached hydrogen (secondary N) is 1. The van der Waals surface area contributed by atoms with Gasteiger partial charge in [-0.1, -0.05) is 12.1 Å². The summed E-state index contributed by atoms with van der Waals surface area (Å²) in [6.45, 7) is 2.98. The maximum atomic E-state index is 14.1. The minimum Gasteiger partial charge on any atom is -0.366 e. The van der Waals surface area contributed by atoms with Crippen LogP contribution in [0.4, 0.5) is 10.2 Å². The lowest BCUT2D eigenvalue weighted by Gasteiger charge is -2.12. The molecule has 0 saturated carbocycles. The van der Waals surface area contributed by atoms with Crippen LogP contribution in [0.3, 0.4) is 0 Å². The molecule has 6 nitrogen and oxygen atoms in total. The lowest BCUT2D eigenvalue weighted by Crippen LogP contribution is -2.12. The second-order valence-corrected chi connectivity index (χ2v) is 5.77. The van der Waals surface area contributed by atoms with Gasteiger partial charge in [0.1, 0.15) is 18.0 Å².